The molecule has 0 aromatic heterocycles. The van der Waals surface area contributed by atoms with Crippen LogP contribution in [0.2, 0.25) is 0 Å². The Morgan fingerprint density at radius 3 is 1.87 bits per heavy atom. The van der Waals surface area contributed by atoms with Crippen LogP contribution < -0.4 is 5.32 Å². The summed E-state index contributed by atoms with van der Waals surface area (Å²) in [7, 11) is 0. The van der Waals surface area contributed by atoms with E-state index in [4.69, 9.17) is 5.11 Å². The lowest BCUT2D eigenvalue weighted by molar-refractivity contribution is -0.144. The van der Waals surface area contributed by atoms with Gasteiger partial charge in [-0.05, 0) is 87.4 Å². The Morgan fingerprint density at radius 1 is 0.826 bits per heavy atom. The Labute approximate surface area is 138 Å². The SMILES string of the molecule is O=C(O)C1CCC(C(=O)NCC2C3CC4CC(C3)CC2C4)CC1. The van der Waals surface area contributed by atoms with Crippen molar-refractivity contribution in [2.24, 2.45) is 41.4 Å². The highest BCUT2D eigenvalue weighted by atomic mass is 16.4. The van der Waals surface area contributed by atoms with Crippen molar-refractivity contribution in [3.8, 4) is 0 Å². The van der Waals surface area contributed by atoms with Gasteiger partial charge in [-0.15, -0.1) is 0 Å². The molecule has 0 aliphatic heterocycles. The number of aliphatic carboxylic acids is 1. The minimum absolute atomic E-state index is 0.0439. The zero-order valence-electron chi connectivity index (χ0n) is 13.9. The molecular formula is C19H29NO3. The van der Waals surface area contributed by atoms with Crippen molar-refractivity contribution < 1.29 is 14.7 Å². The van der Waals surface area contributed by atoms with Crippen LogP contribution in [0, 0.1) is 41.4 Å². The summed E-state index contributed by atoms with van der Waals surface area (Å²) < 4.78 is 0. The number of nitrogens with one attached hydrogen (secondary N) is 1. The van der Waals surface area contributed by atoms with Gasteiger partial charge in [0.2, 0.25) is 5.91 Å². The molecule has 0 spiro atoms. The van der Waals surface area contributed by atoms with E-state index in [1.54, 1.807) is 0 Å². The van der Waals surface area contributed by atoms with Gasteiger partial charge in [0.15, 0.2) is 0 Å². The van der Waals surface area contributed by atoms with Gasteiger partial charge >= 0.3 is 5.97 Å². The van der Waals surface area contributed by atoms with Gasteiger partial charge in [0.25, 0.3) is 0 Å². The molecular weight excluding hydrogens is 290 g/mol. The van der Waals surface area contributed by atoms with Crippen molar-refractivity contribution in [2.45, 2.75) is 57.8 Å². The molecule has 5 aliphatic carbocycles. The van der Waals surface area contributed by atoms with Crippen LogP contribution in [0.1, 0.15) is 57.8 Å². The smallest absolute Gasteiger partial charge is 0.306 e. The van der Waals surface area contributed by atoms with E-state index in [2.05, 4.69) is 5.32 Å². The molecule has 2 N–H and O–H groups in total. The molecule has 0 unspecified atom stereocenters. The van der Waals surface area contributed by atoms with Crippen LogP contribution in [-0.4, -0.2) is 23.5 Å². The van der Waals surface area contributed by atoms with E-state index in [0.717, 1.165) is 43.1 Å². The minimum atomic E-state index is -0.697. The number of hydrogen-bond acceptors (Lipinski definition) is 2. The molecule has 5 rings (SSSR count). The van der Waals surface area contributed by atoms with E-state index in [1.807, 2.05) is 0 Å². The van der Waals surface area contributed by atoms with Crippen LogP contribution >= 0.6 is 0 Å². The topological polar surface area (TPSA) is 66.4 Å². The van der Waals surface area contributed by atoms with Crippen LogP contribution in [0.15, 0.2) is 0 Å². The number of carbonyl (C=O) groups is 2. The van der Waals surface area contributed by atoms with Gasteiger partial charge in [0, 0.05) is 12.5 Å². The molecule has 5 fully saturated rings. The third kappa shape index (κ3) is 3.01. The standard InChI is InChI=1S/C19H29NO3/c21-18(13-1-3-14(4-2-13)19(22)23)20-10-17-15-6-11-5-12(8-15)9-16(17)7-11/h11-17H,1-10H2,(H,20,21)(H,22,23). The highest BCUT2D eigenvalue weighted by Crippen LogP contribution is 2.56. The maximum atomic E-state index is 12.5. The lowest BCUT2D eigenvalue weighted by Crippen LogP contribution is -2.49. The number of rotatable bonds is 4. The fourth-order valence-corrected chi connectivity index (χ4v) is 6.34. The first-order chi connectivity index (χ1) is 11.1. The van der Waals surface area contributed by atoms with Gasteiger partial charge < -0.3 is 10.4 Å². The predicted octanol–water partition coefficient (Wildman–Crippen LogP) is 3.07. The van der Waals surface area contributed by atoms with Crippen molar-refractivity contribution in [1.29, 1.82) is 0 Å². The van der Waals surface area contributed by atoms with Crippen molar-refractivity contribution in [3.05, 3.63) is 0 Å². The second kappa shape index (κ2) is 6.10. The second-order valence-electron chi connectivity index (χ2n) is 8.73. The van der Waals surface area contributed by atoms with Crippen molar-refractivity contribution in [2.75, 3.05) is 6.54 Å². The maximum Gasteiger partial charge on any atom is 0.306 e. The van der Waals surface area contributed by atoms with Crippen molar-refractivity contribution in [3.63, 3.8) is 0 Å². The van der Waals surface area contributed by atoms with Crippen molar-refractivity contribution >= 4 is 11.9 Å². The quantitative estimate of drug-likeness (QED) is 0.837. The molecule has 0 aromatic rings. The molecule has 4 bridgehead atoms. The summed E-state index contributed by atoms with van der Waals surface area (Å²) in [4.78, 5) is 23.5. The molecule has 0 atom stereocenters. The molecule has 5 saturated carbocycles. The molecule has 5 aliphatic rings. The van der Waals surface area contributed by atoms with Crippen LogP contribution in [0.3, 0.4) is 0 Å². The van der Waals surface area contributed by atoms with Gasteiger partial charge in [-0.25, -0.2) is 0 Å². The van der Waals surface area contributed by atoms with Gasteiger partial charge in [-0.2, -0.15) is 0 Å². The largest absolute Gasteiger partial charge is 0.481 e. The first kappa shape index (κ1) is 15.5. The number of carboxylic acid groups (broad SMARTS) is 1. The summed E-state index contributed by atoms with van der Waals surface area (Å²) in [6, 6.07) is 0. The summed E-state index contributed by atoms with van der Waals surface area (Å²) in [5.41, 5.74) is 0. The number of hydrogen-bond donors (Lipinski definition) is 2. The van der Waals surface area contributed by atoms with Gasteiger partial charge in [0.1, 0.15) is 0 Å². The summed E-state index contributed by atoms with van der Waals surface area (Å²) in [5, 5.41) is 12.3. The summed E-state index contributed by atoms with van der Waals surface area (Å²) in [6.07, 6.45) is 9.87. The molecule has 4 heteroatoms. The molecule has 128 valence electrons. The van der Waals surface area contributed by atoms with Crippen molar-refractivity contribution in [1.82, 2.24) is 5.32 Å². The molecule has 0 saturated heterocycles. The monoisotopic (exact) mass is 319 g/mol. The fourth-order valence-electron chi connectivity index (χ4n) is 6.34. The van der Waals surface area contributed by atoms with E-state index in [1.165, 1.54) is 32.1 Å². The Morgan fingerprint density at radius 2 is 1.35 bits per heavy atom. The Balaban J connectivity index is 1.27. The van der Waals surface area contributed by atoms with Crippen LogP contribution in [-0.2, 0) is 9.59 Å². The first-order valence-corrected chi connectivity index (χ1v) is 9.60. The van der Waals surface area contributed by atoms with E-state index in [0.29, 0.717) is 18.8 Å². The fraction of sp³-hybridized carbons (Fsp3) is 0.895. The Hall–Kier alpha value is -1.06. The molecule has 1 amide bonds. The normalized spacial score (nSPS) is 45.0. The van der Waals surface area contributed by atoms with E-state index < -0.39 is 5.97 Å². The first-order valence-electron chi connectivity index (χ1n) is 9.60. The lowest BCUT2D eigenvalue weighted by atomic mass is 9.52. The number of carbonyl (C=O) groups excluding carboxylic acids is 1. The predicted molar refractivity (Wildman–Crippen MR) is 86.6 cm³/mol. The average molecular weight is 319 g/mol. The van der Waals surface area contributed by atoms with E-state index >= 15 is 0 Å². The third-order valence-electron chi connectivity index (χ3n) is 7.38. The summed E-state index contributed by atoms with van der Waals surface area (Å²) in [5.74, 6) is 3.68. The van der Waals surface area contributed by atoms with Gasteiger partial charge in [-0.1, -0.05) is 0 Å². The molecule has 23 heavy (non-hydrogen) atoms. The van der Waals surface area contributed by atoms with E-state index in [-0.39, 0.29) is 17.7 Å². The van der Waals surface area contributed by atoms with Crippen LogP contribution in [0.5, 0.6) is 0 Å². The summed E-state index contributed by atoms with van der Waals surface area (Å²) in [6.45, 7) is 0.868. The van der Waals surface area contributed by atoms with Crippen LogP contribution in [0.4, 0.5) is 0 Å². The van der Waals surface area contributed by atoms with E-state index in [9.17, 15) is 9.59 Å². The second-order valence-corrected chi connectivity index (χ2v) is 8.73. The lowest BCUT2D eigenvalue weighted by Gasteiger charge is -2.54. The maximum absolute atomic E-state index is 12.5. The summed E-state index contributed by atoms with van der Waals surface area (Å²) >= 11 is 0. The Kier molecular flexibility index (Phi) is 4.10. The molecule has 0 heterocycles. The highest BCUT2D eigenvalue weighted by Gasteiger charge is 2.48. The average Bonchev–Trinajstić information content (AvgIpc) is 2.53. The zero-order chi connectivity index (χ0) is 16.0. The highest BCUT2D eigenvalue weighted by molar-refractivity contribution is 5.79. The molecule has 0 aromatic carbocycles. The number of carboxylic acids is 1. The van der Waals surface area contributed by atoms with Gasteiger partial charge in [0.05, 0.1) is 5.92 Å². The number of amides is 1. The van der Waals surface area contributed by atoms with Crippen LogP contribution in [0.25, 0.3) is 0 Å². The zero-order valence-corrected chi connectivity index (χ0v) is 13.9. The Bertz CT molecular complexity index is 453. The molecule has 4 nitrogen and oxygen atoms in total. The van der Waals surface area contributed by atoms with Gasteiger partial charge in [-0.3, -0.25) is 9.59 Å². The minimum Gasteiger partial charge on any atom is -0.481 e. The molecule has 0 radical (unpaired) electrons. The third-order valence-corrected chi connectivity index (χ3v) is 7.38.